The molecule has 0 aliphatic rings. The zero-order valence-corrected chi connectivity index (χ0v) is 40.3. The molecular formula is C58H58Cl2P2. The van der Waals surface area contributed by atoms with E-state index in [-0.39, 0.29) is 24.8 Å². The van der Waals surface area contributed by atoms with Crippen LogP contribution >= 0.6 is 14.5 Å². The Morgan fingerprint density at radius 3 is 0.565 bits per heavy atom. The van der Waals surface area contributed by atoms with Crippen LogP contribution in [-0.2, 0) is 25.2 Å². The molecule has 62 heavy (non-hydrogen) atoms. The Bertz CT molecular complexity index is 2220. The largest absolute Gasteiger partial charge is 1.00 e. The number of rotatable bonds is 13. The topological polar surface area (TPSA) is 0 Å². The van der Waals surface area contributed by atoms with Gasteiger partial charge in [-0.1, -0.05) is 155 Å². The number of halogens is 2. The third kappa shape index (κ3) is 10.2. The lowest BCUT2D eigenvalue weighted by Gasteiger charge is -2.28. The molecule has 0 atom stereocenters. The van der Waals surface area contributed by atoms with Gasteiger partial charge in [0.15, 0.2) is 0 Å². The van der Waals surface area contributed by atoms with Crippen molar-refractivity contribution in [1.29, 1.82) is 0 Å². The molecule has 0 aliphatic heterocycles. The highest BCUT2D eigenvalue weighted by atomic mass is 35.5. The first kappa shape index (κ1) is 46.7. The highest BCUT2D eigenvalue weighted by Gasteiger charge is 2.47. The highest BCUT2D eigenvalue weighted by molar-refractivity contribution is 7.95. The van der Waals surface area contributed by atoms with E-state index < -0.39 is 14.5 Å². The lowest BCUT2D eigenvalue weighted by atomic mass is 10.0. The van der Waals surface area contributed by atoms with Crippen molar-refractivity contribution in [2.45, 2.75) is 66.7 Å². The molecule has 0 spiro atoms. The maximum Gasteiger partial charge on any atom is 0.116 e. The molecule has 314 valence electrons. The predicted molar refractivity (Wildman–Crippen MR) is 266 cm³/mol. The summed E-state index contributed by atoms with van der Waals surface area (Å²) in [5, 5.41) is 8.61. The fourth-order valence-electron chi connectivity index (χ4n) is 8.70. The molecule has 0 saturated heterocycles. The molecule has 0 heterocycles. The summed E-state index contributed by atoms with van der Waals surface area (Å²) in [5.74, 6) is 0. The van der Waals surface area contributed by atoms with Crippen LogP contribution in [0.2, 0.25) is 0 Å². The lowest BCUT2D eigenvalue weighted by molar-refractivity contribution is -0.001000. The van der Waals surface area contributed by atoms with E-state index in [4.69, 9.17) is 0 Å². The molecule has 0 amide bonds. The van der Waals surface area contributed by atoms with Crippen LogP contribution in [0.1, 0.15) is 55.6 Å². The van der Waals surface area contributed by atoms with Gasteiger partial charge in [0.05, 0.1) is 12.3 Å². The quantitative estimate of drug-likeness (QED) is 0.119. The van der Waals surface area contributed by atoms with Gasteiger partial charge < -0.3 is 24.8 Å². The molecule has 8 aromatic rings. The smallest absolute Gasteiger partial charge is 0.116 e. The van der Waals surface area contributed by atoms with Crippen LogP contribution in [0.15, 0.2) is 194 Å². The van der Waals surface area contributed by atoms with Crippen molar-refractivity contribution in [3.63, 3.8) is 0 Å². The molecule has 0 unspecified atom stereocenters. The molecule has 0 N–H and O–H groups in total. The Hall–Kier alpha value is -4.80. The van der Waals surface area contributed by atoms with E-state index in [0.29, 0.717) is 0 Å². The van der Waals surface area contributed by atoms with Gasteiger partial charge in [0, 0.05) is 0 Å². The molecule has 8 rings (SSSR count). The number of benzene rings is 8. The first-order chi connectivity index (χ1) is 29.1. The minimum atomic E-state index is -2.00. The van der Waals surface area contributed by atoms with Gasteiger partial charge in [0.25, 0.3) is 0 Å². The molecule has 0 radical (unpaired) electrons. The van der Waals surface area contributed by atoms with Gasteiger partial charge in [-0.3, -0.25) is 0 Å². The first-order valence-electron chi connectivity index (χ1n) is 21.5. The average Bonchev–Trinajstić information content (AvgIpc) is 3.27. The monoisotopic (exact) mass is 886 g/mol. The van der Waals surface area contributed by atoms with Gasteiger partial charge in [-0.25, -0.2) is 0 Å². The Balaban J connectivity index is 0.00000321. The molecule has 0 aliphatic carbocycles. The minimum absolute atomic E-state index is 0. The SMILES string of the molecule is Cc1ccc([P+](Cc2ccc(CCc3ccc(C[P+](c4ccc(C)cc4)(c4ccc(C)cc4)c4ccc(C)cc4)cc3)cc2)(c2ccc(C)cc2)c2ccc(C)cc2)cc1.[Cl-].[Cl-]. The van der Waals surface area contributed by atoms with Gasteiger partial charge in [0.2, 0.25) is 0 Å². The van der Waals surface area contributed by atoms with Crippen molar-refractivity contribution in [3.8, 4) is 0 Å². The summed E-state index contributed by atoms with van der Waals surface area (Å²) in [6.45, 7) is 13.1. The summed E-state index contributed by atoms with van der Waals surface area (Å²) in [5.41, 5.74) is 13.3. The van der Waals surface area contributed by atoms with E-state index in [1.807, 2.05) is 0 Å². The Kier molecular flexibility index (Phi) is 15.5. The second-order valence-corrected chi connectivity index (χ2v) is 24.1. The zero-order chi connectivity index (χ0) is 41.7. The Labute approximate surface area is 385 Å². The van der Waals surface area contributed by atoms with Crippen molar-refractivity contribution in [1.82, 2.24) is 0 Å². The fraction of sp³-hybridized carbons (Fsp3) is 0.172. The van der Waals surface area contributed by atoms with Crippen molar-refractivity contribution >= 4 is 46.4 Å². The van der Waals surface area contributed by atoms with Crippen LogP contribution < -0.4 is 56.6 Å². The summed E-state index contributed by atoms with van der Waals surface area (Å²) < 4.78 is 0. The van der Waals surface area contributed by atoms with Crippen LogP contribution in [0.3, 0.4) is 0 Å². The summed E-state index contributed by atoms with van der Waals surface area (Å²) in [6.07, 6.45) is 4.01. The van der Waals surface area contributed by atoms with E-state index in [1.165, 1.54) is 87.5 Å². The lowest BCUT2D eigenvalue weighted by Crippen LogP contribution is -3.00. The van der Waals surface area contributed by atoms with Crippen molar-refractivity contribution in [2.24, 2.45) is 0 Å². The van der Waals surface area contributed by atoms with E-state index in [9.17, 15) is 0 Å². The normalized spacial score (nSPS) is 11.4. The van der Waals surface area contributed by atoms with Crippen molar-refractivity contribution in [2.75, 3.05) is 0 Å². The van der Waals surface area contributed by atoms with Gasteiger partial charge in [0.1, 0.15) is 46.4 Å². The summed E-state index contributed by atoms with van der Waals surface area (Å²) >= 11 is 0. The number of hydrogen-bond acceptors (Lipinski definition) is 0. The van der Waals surface area contributed by atoms with Crippen LogP contribution in [0.5, 0.6) is 0 Å². The van der Waals surface area contributed by atoms with Crippen LogP contribution in [0.4, 0.5) is 0 Å². The molecule has 8 aromatic carbocycles. The van der Waals surface area contributed by atoms with Gasteiger partial charge >= 0.3 is 0 Å². The molecule has 0 aromatic heterocycles. The van der Waals surface area contributed by atoms with Gasteiger partial charge in [-0.2, -0.15) is 0 Å². The second kappa shape index (κ2) is 20.6. The predicted octanol–water partition coefficient (Wildman–Crippen LogP) is 6.32. The number of hydrogen-bond donors (Lipinski definition) is 0. The maximum atomic E-state index is 2.40. The van der Waals surface area contributed by atoms with Crippen LogP contribution in [-0.4, -0.2) is 0 Å². The fourth-order valence-corrected chi connectivity index (χ4v) is 17.0. The second-order valence-electron chi connectivity index (χ2n) is 17.1. The highest BCUT2D eigenvalue weighted by Crippen LogP contribution is 2.59. The van der Waals surface area contributed by atoms with Gasteiger partial charge in [-0.05, 0) is 149 Å². The summed E-state index contributed by atoms with van der Waals surface area (Å²) in [6, 6.07) is 75.2. The van der Waals surface area contributed by atoms with E-state index in [0.717, 1.165) is 25.2 Å². The first-order valence-corrected chi connectivity index (χ1v) is 25.4. The molecular weight excluding hydrogens is 829 g/mol. The Morgan fingerprint density at radius 2 is 0.387 bits per heavy atom. The van der Waals surface area contributed by atoms with Gasteiger partial charge in [-0.15, -0.1) is 0 Å². The molecule has 0 bridgehead atoms. The van der Waals surface area contributed by atoms with E-state index in [1.54, 1.807) is 0 Å². The van der Waals surface area contributed by atoms with Crippen LogP contribution in [0.25, 0.3) is 0 Å². The minimum Gasteiger partial charge on any atom is -1.00 e. The zero-order valence-electron chi connectivity index (χ0n) is 37.0. The molecule has 4 heteroatoms. The third-order valence-corrected chi connectivity index (χ3v) is 21.2. The average molecular weight is 888 g/mol. The summed E-state index contributed by atoms with van der Waals surface area (Å²) in [4.78, 5) is 0. The van der Waals surface area contributed by atoms with Crippen LogP contribution in [0, 0.1) is 41.5 Å². The van der Waals surface area contributed by atoms with E-state index in [2.05, 4.69) is 236 Å². The molecule has 0 saturated carbocycles. The maximum absolute atomic E-state index is 2.40. The standard InChI is InChI=1S/C58H58P2.2ClH/c1-43-7-29-53(30-8-43)59(54-31-9-44(2)10-32-54,55-33-11-45(3)12-34-55)41-51-25-21-49(22-26-51)19-20-50-23-27-52(28-24-50)42-60(56-35-13-46(4)14-36-56,57-37-15-47(5)16-38-57)58-39-17-48(6)18-40-58;;/h7-18,21-40H,19-20,41-42H2,1-6H3;2*1H/q+2;;/p-2. The third-order valence-electron chi connectivity index (χ3n) is 12.4. The van der Waals surface area contributed by atoms with Crippen molar-refractivity contribution < 1.29 is 24.8 Å². The number of aryl methyl sites for hydroxylation is 8. The Morgan fingerprint density at radius 1 is 0.226 bits per heavy atom. The molecule has 0 nitrogen and oxygen atoms in total. The summed E-state index contributed by atoms with van der Waals surface area (Å²) in [7, 11) is -3.99. The van der Waals surface area contributed by atoms with Crippen molar-refractivity contribution in [3.05, 3.63) is 250 Å². The molecule has 0 fully saturated rings. The van der Waals surface area contributed by atoms with E-state index >= 15 is 0 Å².